The molecule has 7 heteroatoms. The van der Waals surface area contributed by atoms with Gasteiger partial charge >= 0.3 is 5.97 Å². The maximum atomic E-state index is 13.0. The lowest BCUT2D eigenvalue weighted by Gasteiger charge is -2.10. The van der Waals surface area contributed by atoms with Crippen LogP contribution in [0.1, 0.15) is 12.5 Å². The Morgan fingerprint density at radius 1 is 1.47 bits per heavy atom. The van der Waals surface area contributed by atoms with E-state index in [0.717, 1.165) is 0 Å². The number of sulfone groups is 1. The number of rotatable bonds is 5. The molecule has 0 N–H and O–H groups in total. The van der Waals surface area contributed by atoms with Gasteiger partial charge in [0.1, 0.15) is 5.82 Å². The number of carbonyl (C=O) groups is 1. The zero-order valence-corrected chi connectivity index (χ0v) is 12.9. The van der Waals surface area contributed by atoms with Crippen molar-refractivity contribution in [2.75, 3.05) is 12.9 Å². The van der Waals surface area contributed by atoms with Crippen LogP contribution in [0.5, 0.6) is 0 Å². The minimum atomic E-state index is -3.46. The van der Waals surface area contributed by atoms with E-state index < -0.39 is 27.5 Å². The van der Waals surface area contributed by atoms with Gasteiger partial charge in [-0.1, -0.05) is 13.0 Å². The highest BCUT2D eigenvalue weighted by Gasteiger charge is 2.22. The second kappa shape index (κ2) is 6.47. The van der Waals surface area contributed by atoms with Crippen LogP contribution >= 0.6 is 15.9 Å². The summed E-state index contributed by atoms with van der Waals surface area (Å²) in [5.41, 5.74) is 0.463. The predicted molar refractivity (Wildman–Crippen MR) is 72.8 cm³/mol. The topological polar surface area (TPSA) is 60.4 Å². The molecule has 1 atom stereocenters. The number of ether oxygens (including phenoxy) is 1. The number of halogens is 2. The normalized spacial score (nSPS) is 13.1. The molecule has 0 saturated heterocycles. The second-order valence-corrected chi connectivity index (χ2v) is 7.19. The van der Waals surface area contributed by atoms with Crippen LogP contribution in [-0.2, 0) is 25.1 Å². The summed E-state index contributed by atoms with van der Waals surface area (Å²) in [6, 6.07) is 4.01. The van der Waals surface area contributed by atoms with E-state index in [2.05, 4.69) is 20.7 Å². The Labute approximate surface area is 120 Å². The van der Waals surface area contributed by atoms with E-state index in [1.165, 1.54) is 32.2 Å². The number of hydrogen-bond donors (Lipinski definition) is 0. The van der Waals surface area contributed by atoms with Gasteiger partial charge in [-0.25, -0.2) is 12.8 Å². The van der Waals surface area contributed by atoms with Crippen molar-refractivity contribution in [3.8, 4) is 0 Å². The van der Waals surface area contributed by atoms with E-state index >= 15 is 0 Å². The molecule has 0 aliphatic heterocycles. The standard InChI is InChI=1S/C12H14BrFO4S/c1-8(12(15)18-2)6-19(16,17)7-9-3-4-11(14)10(13)5-9/h3-5,8H,6-7H2,1-2H3. The summed E-state index contributed by atoms with van der Waals surface area (Å²) >= 11 is 2.99. The van der Waals surface area contributed by atoms with Crippen molar-refractivity contribution in [3.63, 3.8) is 0 Å². The van der Waals surface area contributed by atoms with Crippen LogP contribution in [0, 0.1) is 11.7 Å². The van der Waals surface area contributed by atoms with Gasteiger partial charge in [0.2, 0.25) is 0 Å². The average molecular weight is 353 g/mol. The Bertz CT molecular complexity index is 571. The highest BCUT2D eigenvalue weighted by molar-refractivity contribution is 9.10. The van der Waals surface area contributed by atoms with E-state index in [-0.39, 0.29) is 16.0 Å². The Balaban J connectivity index is 2.79. The summed E-state index contributed by atoms with van der Waals surface area (Å²) in [5.74, 6) is -2.28. The molecule has 1 aromatic carbocycles. The Hall–Kier alpha value is -0.950. The van der Waals surface area contributed by atoms with Gasteiger partial charge in [0.15, 0.2) is 9.84 Å². The van der Waals surface area contributed by atoms with Crippen LogP contribution in [-0.4, -0.2) is 27.2 Å². The number of carbonyl (C=O) groups excluding carboxylic acids is 1. The zero-order valence-electron chi connectivity index (χ0n) is 10.5. The number of hydrogen-bond acceptors (Lipinski definition) is 4. The van der Waals surface area contributed by atoms with E-state index in [1.807, 2.05) is 0 Å². The number of esters is 1. The van der Waals surface area contributed by atoms with E-state index in [0.29, 0.717) is 5.56 Å². The molecule has 1 aromatic rings. The van der Waals surface area contributed by atoms with Crippen LogP contribution < -0.4 is 0 Å². The molecule has 0 saturated carbocycles. The Kier molecular flexibility index (Phi) is 5.49. The molecule has 0 radical (unpaired) electrons. The fraction of sp³-hybridized carbons (Fsp3) is 0.417. The maximum absolute atomic E-state index is 13.0. The van der Waals surface area contributed by atoms with Gasteiger partial charge in [-0.05, 0) is 33.6 Å². The quantitative estimate of drug-likeness (QED) is 0.763. The van der Waals surface area contributed by atoms with Gasteiger partial charge in [0.05, 0.1) is 29.0 Å². The Morgan fingerprint density at radius 3 is 2.63 bits per heavy atom. The third-order valence-corrected chi connectivity index (χ3v) is 4.87. The van der Waals surface area contributed by atoms with Crippen LogP contribution in [0.3, 0.4) is 0 Å². The molecule has 0 fully saturated rings. The van der Waals surface area contributed by atoms with Gasteiger partial charge in [-0.2, -0.15) is 0 Å². The highest BCUT2D eigenvalue weighted by atomic mass is 79.9. The first-order valence-corrected chi connectivity index (χ1v) is 8.09. The third kappa shape index (κ3) is 4.91. The van der Waals surface area contributed by atoms with Gasteiger partial charge < -0.3 is 4.74 Å². The zero-order chi connectivity index (χ0) is 14.6. The Morgan fingerprint density at radius 2 is 2.11 bits per heavy atom. The monoisotopic (exact) mass is 352 g/mol. The second-order valence-electron chi connectivity index (χ2n) is 4.23. The first kappa shape index (κ1) is 16.1. The lowest BCUT2D eigenvalue weighted by Crippen LogP contribution is -2.23. The van der Waals surface area contributed by atoms with Gasteiger partial charge in [-0.3, -0.25) is 4.79 Å². The molecule has 0 aromatic heterocycles. The van der Waals surface area contributed by atoms with E-state index in [4.69, 9.17) is 0 Å². The first-order chi connectivity index (χ1) is 8.75. The maximum Gasteiger partial charge on any atom is 0.309 e. The van der Waals surface area contributed by atoms with Crippen LogP contribution in [0.2, 0.25) is 0 Å². The molecular formula is C12H14BrFO4S. The van der Waals surface area contributed by atoms with Crippen LogP contribution in [0.25, 0.3) is 0 Å². The van der Waals surface area contributed by atoms with Crippen molar-refractivity contribution in [1.82, 2.24) is 0 Å². The molecule has 19 heavy (non-hydrogen) atoms. The molecule has 0 bridgehead atoms. The molecule has 1 rings (SSSR count). The summed E-state index contributed by atoms with van der Waals surface area (Å²) < 4.78 is 41.5. The molecule has 4 nitrogen and oxygen atoms in total. The minimum Gasteiger partial charge on any atom is -0.469 e. The van der Waals surface area contributed by atoms with Gasteiger partial charge in [0, 0.05) is 0 Å². The molecule has 0 amide bonds. The molecule has 0 heterocycles. The number of methoxy groups -OCH3 is 1. The van der Waals surface area contributed by atoms with Crippen molar-refractivity contribution >= 4 is 31.7 Å². The summed E-state index contributed by atoms with van der Waals surface area (Å²) in [7, 11) is -2.25. The summed E-state index contributed by atoms with van der Waals surface area (Å²) in [5, 5.41) is 0. The summed E-state index contributed by atoms with van der Waals surface area (Å²) in [6.45, 7) is 1.49. The molecule has 106 valence electrons. The molecular weight excluding hydrogens is 339 g/mol. The first-order valence-electron chi connectivity index (χ1n) is 5.47. The van der Waals surface area contributed by atoms with Crippen LogP contribution in [0.15, 0.2) is 22.7 Å². The van der Waals surface area contributed by atoms with Crippen molar-refractivity contribution < 1.29 is 22.3 Å². The lowest BCUT2D eigenvalue weighted by molar-refractivity contribution is -0.144. The number of benzene rings is 1. The fourth-order valence-corrected chi connectivity index (χ4v) is 3.72. The fourth-order valence-electron chi connectivity index (χ4n) is 1.59. The predicted octanol–water partition coefficient (Wildman–Crippen LogP) is 2.31. The highest BCUT2D eigenvalue weighted by Crippen LogP contribution is 2.19. The molecule has 0 aliphatic rings. The van der Waals surface area contributed by atoms with Gasteiger partial charge in [-0.15, -0.1) is 0 Å². The molecule has 0 spiro atoms. The van der Waals surface area contributed by atoms with Crippen LogP contribution in [0.4, 0.5) is 4.39 Å². The molecule has 0 aliphatic carbocycles. The summed E-state index contributed by atoms with van der Waals surface area (Å²) in [4.78, 5) is 11.2. The van der Waals surface area contributed by atoms with Crippen molar-refractivity contribution in [3.05, 3.63) is 34.1 Å². The third-order valence-electron chi connectivity index (χ3n) is 2.48. The average Bonchev–Trinajstić information content (AvgIpc) is 2.31. The van der Waals surface area contributed by atoms with Crippen molar-refractivity contribution in [2.24, 2.45) is 5.92 Å². The molecule has 1 unspecified atom stereocenters. The lowest BCUT2D eigenvalue weighted by atomic mass is 10.2. The SMILES string of the molecule is COC(=O)C(C)CS(=O)(=O)Cc1ccc(F)c(Br)c1. The van der Waals surface area contributed by atoms with E-state index in [1.54, 1.807) is 0 Å². The van der Waals surface area contributed by atoms with E-state index in [9.17, 15) is 17.6 Å². The van der Waals surface area contributed by atoms with Crippen molar-refractivity contribution in [2.45, 2.75) is 12.7 Å². The smallest absolute Gasteiger partial charge is 0.309 e. The summed E-state index contributed by atoms with van der Waals surface area (Å²) in [6.07, 6.45) is 0. The largest absolute Gasteiger partial charge is 0.469 e. The van der Waals surface area contributed by atoms with Gasteiger partial charge in [0.25, 0.3) is 0 Å². The minimum absolute atomic E-state index is 0.209. The van der Waals surface area contributed by atoms with Crippen molar-refractivity contribution in [1.29, 1.82) is 0 Å².